The summed E-state index contributed by atoms with van der Waals surface area (Å²) < 4.78 is 4.67. The molecule has 3 aromatic rings. The molecule has 0 atom stereocenters. The lowest BCUT2D eigenvalue weighted by molar-refractivity contribution is -0.116. The number of hydrogen-bond donors (Lipinski definition) is 1. The number of carbonyl (C=O) groups excluding carboxylic acids is 4. The fourth-order valence-corrected chi connectivity index (χ4v) is 3.56. The minimum absolute atomic E-state index is 0.0507. The molecule has 1 heterocycles. The van der Waals surface area contributed by atoms with Gasteiger partial charge in [0.15, 0.2) is 0 Å². The number of carbonyl (C=O) groups is 4. The van der Waals surface area contributed by atoms with Gasteiger partial charge in [-0.2, -0.15) is 0 Å². The number of ether oxygens (including phenoxy) is 1. The van der Waals surface area contributed by atoms with Crippen molar-refractivity contribution in [1.82, 2.24) is 4.90 Å². The average molecular weight is 402 g/mol. The van der Waals surface area contributed by atoms with Crippen molar-refractivity contribution in [1.29, 1.82) is 0 Å². The second-order valence-electron chi connectivity index (χ2n) is 6.84. The van der Waals surface area contributed by atoms with Gasteiger partial charge in [0.05, 0.1) is 12.7 Å². The van der Waals surface area contributed by atoms with E-state index in [0.717, 1.165) is 10.3 Å². The zero-order valence-electron chi connectivity index (χ0n) is 16.2. The Kier molecular flexibility index (Phi) is 5.02. The zero-order chi connectivity index (χ0) is 21.3. The van der Waals surface area contributed by atoms with E-state index in [1.807, 2.05) is 12.1 Å². The number of rotatable bonds is 5. The van der Waals surface area contributed by atoms with Crippen LogP contribution < -0.4 is 5.32 Å². The van der Waals surface area contributed by atoms with Crippen LogP contribution in [0, 0.1) is 0 Å². The predicted octanol–water partition coefficient (Wildman–Crippen LogP) is 3.25. The van der Waals surface area contributed by atoms with Gasteiger partial charge in [-0.3, -0.25) is 19.3 Å². The van der Waals surface area contributed by atoms with E-state index in [2.05, 4.69) is 10.1 Å². The molecule has 0 radical (unpaired) electrons. The van der Waals surface area contributed by atoms with Crippen LogP contribution in [0.2, 0.25) is 0 Å². The van der Waals surface area contributed by atoms with Gasteiger partial charge in [-0.1, -0.05) is 30.3 Å². The third-order valence-electron chi connectivity index (χ3n) is 4.99. The molecule has 0 fully saturated rings. The number of amides is 3. The number of methoxy groups -OCH3 is 1. The Morgan fingerprint density at radius 3 is 2.20 bits per heavy atom. The second kappa shape index (κ2) is 7.79. The molecule has 1 aliphatic rings. The number of anilines is 1. The SMILES string of the molecule is COC(=O)c1cccc(NC(=O)CCN2C(=O)c3cccc4cccc(c34)C2=O)c1. The highest BCUT2D eigenvalue weighted by atomic mass is 16.5. The van der Waals surface area contributed by atoms with Crippen molar-refractivity contribution in [3.05, 3.63) is 77.4 Å². The highest BCUT2D eigenvalue weighted by Gasteiger charge is 2.32. The van der Waals surface area contributed by atoms with Gasteiger partial charge in [0.2, 0.25) is 5.91 Å². The molecule has 0 aliphatic carbocycles. The molecular weight excluding hydrogens is 384 g/mol. The number of imide groups is 1. The van der Waals surface area contributed by atoms with Gasteiger partial charge in [-0.25, -0.2) is 4.79 Å². The summed E-state index contributed by atoms with van der Waals surface area (Å²) in [7, 11) is 1.28. The molecule has 3 aromatic carbocycles. The van der Waals surface area contributed by atoms with Crippen LogP contribution in [-0.4, -0.2) is 42.2 Å². The van der Waals surface area contributed by atoms with Crippen LogP contribution >= 0.6 is 0 Å². The van der Waals surface area contributed by atoms with Crippen LogP contribution in [0.4, 0.5) is 5.69 Å². The topological polar surface area (TPSA) is 92.8 Å². The first kappa shape index (κ1) is 19.3. The van der Waals surface area contributed by atoms with Crippen molar-refractivity contribution < 1.29 is 23.9 Å². The van der Waals surface area contributed by atoms with Gasteiger partial charge in [0, 0.05) is 35.2 Å². The molecule has 0 saturated carbocycles. The Bertz CT molecular complexity index is 1150. The molecule has 4 rings (SSSR count). The largest absolute Gasteiger partial charge is 0.465 e. The molecule has 150 valence electrons. The molecule has 30 heavy (non-hydrogen) atoms. The zero-order valence-corrected chi connectivity index (χ0v) is 16.2. The lowest BCUT2D eigenvalue weighted by atomic mass is 9.94. The van der Waals surface area contributed by atoms with E-state index in [0.29, 0.717) is 27.8 Å². The second-order valence-corrected chi connectivity index (χ2v) is 6.84. The highest BCUT2D eigenvalue weighted by Crippen LogP contribution is 2.30. The summed E-state index contributed by atoms with van der Waals surface area (Å²) in [6, 6.07) is 17.0. The van der Waals surface area contributed by atoms with Gasteiger partial charge < -0.3 is 10.1 Å². The van der Waals surface area contributed by atoms with Crippen molar-refractivity contribution in [2.75, 3.05) is 19.0 Å². The van der Waals surface area contributed by atoms with Gasteiger partial charge in [0.1, 0.15) is 0 Å². The summed E-state index contributed by atoms with van der Waals surface area (Å²) in [5.74, 6) is -1.72. The number of esters is 1. The Hall–Kier alpha value is -4.00. The van der Waals surface area contributed by atoms with E-state index in [9.17, 15) is 19.2 Å². The number of nitrogens with one attached hydrogen (secondary N) is 1. The quantitative estimate of drug-likeness (QED) is 0.522. The maximum Gasteiger partial charge on any atom is 0.337 e. The number of hydrogen-bond acceptors (Lipinski definition) is 5. The first-order valence-corrected chi connectivity index (χ1v) is 9.36. The fraction of sp³-hybridized carbons (Fsp3) is 0.130. The molecule has 3 amide bonds. The van der Waals surface area contributed by atoms with Crippen molar-refractivity contribution >= 4 is 40.2 Å². The molecule has 0 unspecified atom stereocenters. The van der Waals surface area contributed by atoms with E-state index in [-0.39, 0.29) is 18.9 Å². The minimum atomic E-state index is -0.511. The van der Waals surface area contributed by atoms with E-state index in [1.54, 1.807) is 42.5 Å². The van der Waals surface area contributed by atoms with Crippen LogP contribution in [0.1, 0.15) is 37.5 Å². The van der Waals surface area contributed by atoms with Crippen LogP contribution in [0.25, 0.3) is 10.8 Å². The Morgan fingerprint density at radius 2 is 1.57 bits per heavy atom. The van der Waals surface area contributed by atoms with Gasteiger partial charge >= 0.3 is 5.97 Å². The summed E-state index contributed by atoms with van der Waals surface area (Å²) in [5, 5.41) is 4.15. The maximum atomic E-state index is 12.9. The van der Waals surface area contributed by atoms with Gasteiger partial charge in [-0.15, -0.1) is 0 Å². The molecule has 7 heteroatoms. The van der Waals surface area contributed by atoms with Crippen molar-refractivity contribution in [2.45, 2.75) is 6.42 Å². The average Bonchev–Trinajstić information content (AvgIpc) is 2.76. The molecule has 0 aromatic heterocycles. The maximum absolute atomic E-state index is 12.9. The first-order valence-electron chi connectivity index (χ1n) is 9.36. The summed E-state index contributed by atoms with van der Waals surface area (Å²) in [6.45, 7) is -0.0507. The van der Waals surface area contributed by atoms with Crippen LogP contribution in [0.3, 0.4) is 0 Å². The Balaban J connectivity index is 1.48. The third kappa shape index (κ3) is 3.41. The molecule has 1 N–H and O–H groups in total. The number of benzene rings is 3. The van der Waals surface area contributed by atoms with E-state index in [1.165, 1.54) is 13.2 Å². The van der Waals surface area contributed by atoms with Crippen molar-refractivity contribution in [3.8, 4) is 0 Å². The fourth-order valence-electron chi connectivity index (χ4n) is 3.56. The molecule has 1 aliphatic heterocycles. The minimum Gasteiger partial charge on any atom is -0.465 e. The van der Waals surface area contributed by atoms with Crippen molar-refractivity contribution in [3.63, 3.8) is 0 Å². The predicted molar refractivity (Wildman–Crippen MR) is 110 cm³/mol. The third-order valence-corrected chi connectivity index (χ3v) is 4.99. The summed E-state index contributed by atoms with van der Waals surface area (Å²) in [5.41, 5.74) is 1.64. The lowest BCUT2D eigenvalue weighted by Crippen LogP contribution is -2.41. The molecule has 0 bridgehead atoms. The standard InChI is InChI=1S/C23H18N2O5/c1-30-23(29)15-7-2-8-16(13-15)24-19(26)11-12-25-21(27)17-9-3-5-14-6-4-10-18(20(14)17)22(25)28/h2-10,13H,11-12H2,1H3,(H,24,26). The summed E-state index contributed by atoms with van der Waals surface area (Å²) >= 11 is 0. The van der Waals surface area contributed by atoms with E-state index >= 15 is 0 Å². The summed E-state index contributed by atoms with van der Waals surface area (Å²) in [4.78, 5) is 50.8. The van der Waals surface area contributed by atoms with Crippen LogP contribution in [0.15, 0.2) is 60.7 Å². The van der Waals surface area contributed by atoms with Crippen LogP contribution in [-0.2, 0) is 9.53 Å². The molecular formula is C23H18N2O5. The lowest BCUT2D eigenvalue weighted by Gasteiger charge is -2.27. The first-order chi connectivity index (χ1) is 14.5. The number of nitrogens with zero attached hydrogens (tertiary/aromatic N) is 1. The van der Waals surface area contributed by atoms with Gasteiger partial charge in [-0.05, 0) is 35.7 Å². The normalized spacial score (nSPS) is 12.8. The highest BCUT2D eigenvalue weighted by molar-refractivity contribution is 6.25. The summed E-state index contributed by atoms with van der Waals surface area (Å²) in [6.07, 6.45) is -0.0714. The van der Waals surface area contributed by atoms with E-state index in [4.69, 9.17) is 0 Å². The van der Waals surface area contributed by atoms with Crippen LogP contribution in [0.5, 0.6) is 0 Å². The van der Waals surface area contributed by atoms with Crippen molar-refractivity contribution in [2.24, 2.45) is 0 Å². The molecule has 0 saturated heterocycles. The Labute approximate surface area is 172 Å². The smallest absolute Gasteiger partial charge is 0.337 e. The molecule has 0 spiro atoms. The Morgan fingerprint density at radius 1 is 0.933 bits per heavy atom. The monoisotopic (exact) mass is 402 g/mol. The molecule has 7 nitrogen and oxygen atoms in total. The van der Waals surface area contributed by atoms with E-state index < -0.39 is 17.8 Å². The van der Waals surface area contributed by atoms with Gasteiger partial charge in [0.25, 0.3) is 11.8 Å².